The van der Waals surface area contributed by atoms with Crippen molar-refractivity contribution in [2.24, 2.45) is 0 Å². The molecule has 0 aliphatic carbocycles. The lowest BCUT2D eigenvalue weighted by atomic mass is 10.2. The third kappa shape index (κ3) is 2.95. The Hall–Kier alpha value is -2.15. The van der Waals surface area contributed by atoms with Gasteiger partial charge >= 0.3 is 6.09 Å². The molecule has 6 nitrogen and oxygen atoms in total. The zero-order chi connectivity index (χ0) is 13.1. The van der Waals surface area contributed by atoms with Crippen molar-refractivity contribution in [3.8, 4) is 0 Å². The van der Waals surface area contributed by atoms with Crippen LogP contribution in [0.5, 0.6) is 0 Å². The molecule has 2 aromatic heterocycles. The van der Waals surface area contributed by atoms with Gasteiger partial charge in [-0.15, -0.1) is 11.3 Å². The van der Waals surface area contributed by atoms with E-state index in [1.807, 2.05) is 6.07 Å². The number of carboxylic acid groups (broad SMARTS) is 1. The van der Waals surface area contributed by atoms with E-state index in [-0.39, 0.29) is 5.78 Å². The summed E-state index contributed by atoms with van der Waals surface area (Å²) in [5.74, 6) is 0.0335. The molecule has 0 saturated carbocycles. The number of Topliss-reactive ketones (excluding diaryl/α,β-unsaturated/α-hetero) is 1. The van der Waals surface area contributed by atoms with E-state index in [1.165, 1.54) is 24.5 Å². The molecular formula is C11H11N3O3S. The van der Waals surface area contributed by atoms with E-state index >= 15 is 0 Å². The first kappa shape index (κ1) is 12.3. The van der Waals surface area contributed by atoms with E-state index in [4.69, 9.17) is 5.11 Å². The summed E-state index contributed by atoms with van der Waals surface area (Å²) < 4.78 is 1.61. The fourth-order valence-corrected chi connectivity index (χ4v) is 2.36. The molecule has 1 amide bonds. The van der Waals surface area contributed by atoms with Crippen molar-refractivity contribution >= 4 is 28.9 Å². The summed E-state index contributed by atoms with van der Waals surface area (Å²) in [4.78, 5) is 22.6. The Bertz CT molecular complexity index is 588. The first-order valence-corrected chi connectivity index (χ1v) is 6.03. The number of aromatic nitrogens is 2. The summed E-state index contributed by atoms with van der Waals surface area (Å²) in [6.45, 7) is 2.04. The first-order valence-electron chi connectivity index (χ1n) is 5.15. The molecule has 2 heterocycles. The predicted molar refractivity (Wildman–Crippen MR) is 67.3 cm³/mol. The van der Waals surface area contributed by atoms with Crippen LogP contribution in [0.2, 0.25) is 0 Å². The summed E-state index contributed by atoms with van der Waals surface area (Å²) in [5.41, 5.74) is 1.11. The second-order valence-corrected chi connectivity index (χ2v) is 4.71. The molecule has 0 aliphatic rings. The van der Waals surface area contributed by atoms with Gasteiger partial charge in [0, 0.05) is 22.0 Å². The van der Waals surface area contributed by atoms with E-state index in [2.05, 4.69) is 10.4 Å². The Balaban J connectivity index is 2.06. The Morgan fingerprint density at radius 3 is 2.94 bits per heavy atom. The minimum absolute atomic E-state index is 0.0335. The van der Waals surface area contributed by atoms with E-state index < -0.39 is 6.09 Å². The SMILES string of the molecule is CC(=O)c1csc(Cn2cc(NC(=O)O)cn2)c1. The molecule has 0 fully saturated rings. The molecule has 18 heavy (non-hydrogen) atoms. The van der Waals surface area contributed by atoms with E-state index in [0.29, 0.717) is 17.8 Å². The summed E-state index contributed by atoms with van der Waals surface area (Å²) in [6.07, 6.45) is 1.92. The van der Waals surface area contributed by atoms with Crippen molar-refractivity contribution in [3.05, 3.63) is 34.3 Å². The number of ketones is 1. The van der Waals surface area contributed by atoms with Gasteiger partial charge in [0.05, 0.1) is 18.4 Å². The molecule has 94 valence electrons. The minimum Gasteiger partial charge on any atom is -0.465 e. The van der Waals surface area contributed by atoms with Crippen molar-refractivity contribution < 1.29 is 14.7 Å². The zero-order valence-corrected chi connectivity index (χ0v) is 10.4. The molecule has 0 saturated heterocycles. The number of anilines is 1. The highest BCUT2D eigenvalue weighted by atomic mass is 32.1. The zero-order valence-electron chi connectivity index (χ0n) is 9.58. The van der Waals surface area contributed by atoms with Gasteiger partial charge in [0.15, 0.2) is 5.78 Å². The van der Waals surface area contributed by atoms with Gasteiger partial charge in [-0.25, -0.2) is 4.79 Å². The van der Waals surface area contributed by atoms with Gasteiger partial charge in [-0.2, -0.15) is 5.10 Å². The molecular weight excluding hydrogens is 254 g/mol. The molecule has 0 radical (unpaired) electrons. The molecule has 0 atom stereocenters. The second kappa shape index (κ2) is 5.01. The van der Waals surface area contributed by atoms with Gasteiger partial charge in [-0.05, 0) is 13.0 Å². The van der Waals surface area contributed by atoms with E-state index in [1.54, 1.807) is 16.3 Å². The Kier molecular flexibility index (Phi) is 3.42. The molecule has 7 heteroatoms. The molecule has 0 unspecified atom stereocenters. The fraction of sp³-hybridized carbons (Fsp3) is 0.182. The van der Waals surface area contributed by atoms with Crippen LogP contribution in [-0.4, -0.2) is 26.8 Å². The average molecular weight is 265 g/mol. The number of hydrogen-bond acceptors (Lipinski definition) is 4. The van der Waals surface area contributed by atoms with E-state index in [9.17, 15) is 9.59 Å². The normalized spacial score (nSPS) is 10.3. The quantitative estimate of drug-likeness (QED) is 0.831. The third-order valence-corrected chi connectivity index (χ3v) is 3.18. The molecule has 2 N–H and O–H groups in total. The highest BCUT2D eigenvalue weighted by molar-refractivity contribution is 7.10. The van der Waals surface area contributed by atoms with Crippen molar-refractivity contribution in [2.75, 3.05) is 5.32 Å². The van der Waals surface area contributed by atoms with Gasteiger partial charge in [0.1, 0.15) is 0 Å². The number of carbonyl (C=O) groups excluding carboxylic acids is 1. The summed E-state index contributed by atoms with van der Waals surface area (Å²) in [6, 6.07) is 1.82. The fourth-order valence-electron chi connectivity index (χ4n) is 1.45. The number of nitrogens with one attached hydrogen (secondary N) is 1. The van der Waals surface area contributed by atoms with Crippen molar-refractivity contribution in [1.82, 2.24) is 9.78 Å². The number of rotatable bonds is 4. The van der Waals surface area contributed by atoms with Crippen molar-refractivity contribution in [3.63, 3.8) is 0 Å². The summed E-state index contributed by atoms with van der Waals surface area (Å²) in [5, 5.41) is 16.6. The number of carbonyl (C=O) groups is 2. The van der Waals surface area contributed by atoms with Gasteiger partial charge in [-0.1, -0.05) is 0 Å². The van der Waals surface area contributed by atoms with Gasteiger partial charge < -0.3 is 5.11 Å². The first-order chi connectivity index (χ1) is 8.54. The van der Waals surface area contributed by atoms with Gasteiger partial charge in [-0.3, -0.25) is 14.8 Å². The standard InChI is InChI=1S/C11H11N3O3S/c1-7(15)8-2-10(18-6-8)5-14-4-9(3-12-14)13-11(16)17/h2-4,6,13H,5H2,1H3,(H,16,17). The summed E-state index contributed by atoms with van der Waals surface area (Å²) in [7, 11) is 0. The van der Waals surface area contributed by atoms with Gasteiger partial charge in [0.2, 0.25) is 0 Å². The maximum Gasteiger partial charge on any atom is 0.409 e. The van der Waals surface area contributed by atoms with Crippen LogP contribution in [0.25, 0.3) is 0 Å². The lowest BCUT2D eigenvalue weighted by Crippen LogP contribution is -2.06. The van der Waals surface area contributed by atoms with Gasteiger partial charge in [0.25, 0.3) is 0 Å². The van der Waals surface area contributed by atoms with E-state index in [0.717, 1.165) is 4.88 Å². The van der Waals surface area contributed by atoms with Crippen molar-refractivity contribution in [1.29, 1.82) is 0 Å². The average Bonchev–Trinajstić information content (AvgIpc) is 2.88. The lowest BCUT2D eigenvalue weighted by molar-refractivity contribution is 0.101. The highest BCUT2D eigenvalue weighted by Gasteiger charge is 2.06. The number of amides is 1. The highest BCUT2D eigenvalue weighted by Crippen LogP contribution is 2.17. The van der Waals surface area contributed by atoms with Crippen LogP contribution < -0.4 is 5.32 Å². The number of nitrogens with zero attached hydrogens (tertiary/aromatic N) is 2. The predicted octanol–water partition coefficient (Wildman–Crippen LogP) is 2.29. The maximum absolute atomic E-state index is 11.1. The van der Waals surface area contributed by atoms with Crippen LogP contribution in [0.3, 0.4) is 0 Å². The molecule has 0 aromatic carbocycles. The second-order valence-electron chi connectivity index (χ2n) is 3.71. The molecule has 0 aliphatic heterocycles. The Morgan fingerprint density at radius 2 is 2.33 bits per heavy atom. The van der Waals surface area contributed by atoms with Crippen LogP contribution >= 0.6 is 11.3 Å². The Labute approximate surface area is 107 Å². The largest absolute Gasteiger partial charge is 0.465 e. The van der Waals surface area contributed by atoms with Crippen LogP contribution in [0.4, 0.5) is 10.5 Å². The molecule has 0 bridgehead atoms. The maximum atomic E-state index is 11.1. The van der Waals surface area contributed by atoms with Crippen LogP contribution in [0.1, 0.15) is 22.2 Å². The van der Waals surface area contributed by atoms with Crippen LogP contribution in [0.15, 0.2) is 23.8 Å². The number of thiophene rings is 1. The summed E-state index contributed by atoms with van der Waals surface area (Å²) >= 11 is 1.48. The van der Waals surface area contributed by atoms with Crippen LogP contribution in [0, 0.1) is 0 Å². The topological polar surface area (TPSA) is 84.2 Å². The smallest absolute Gasteiger partial charge is 0.409 e. The van der Waals surface area contributed by atoms with Crippen molar-refractivity contribution in [2.45, 2.75) is 13.5 Å². The minimum atomic E-state index is -1.12. The monoisotopic (exact) mass is 265 g/mol. The van der Waals surface area contributed by atoms with Crippen LogP contribution in [-0.2, 0) is 6.54 Å². The Morgan fingerprint density at radius 1 is 1.56 bits per heavy atom. The number of hydrogen-bond donors (Lipinski definition) is 2. The molecule has 0 spiro atoms. The lowest BCUT2D eigenvalue weighted by Gasteiger charge is -1.97. The third-order valence-electron chi connectivity index (χ3n) is 2.26. The molecule has 2 aromatic rings. The molecule has 2 rings (SSSR count).